The maximum absolute atomic E-state index is 9.50. The molecule has 0 unspecified atom stereocenters. The van der Waals surface area contributed by atoms with Crippen LogP contribution in [0.15, 0.2) is 30.5 Å². The van der Waals surface area contributed by atoms with Gasteiger partial charge < -0.3 is 4.98 Å². The summed E-state index contributed by atoms with van der Waals surface area (Å²) in [6.45, 7) is 4.00. The molecule has 86 valence electrons. The third-order valence-corrected chi connectivity index (χ3v) is 1.94. The third kappa shape index (κ3) is 3.39. The number of hydrogen-bond donors (Lipinski definition) is 1. The lowest BCUT2D eigenvalue weighted by atomic mass is 10.1. The Labute approximate surface area is 95.7 Å². The van der Waals surface area contributed by atoms with Crippen LogP contribution in [0.4, 0.5) is 4.39 Å². The molecule has 1 heterocycles. The van der Waals surface area contributed by atoms with E-state index in [0.29, 0.717) is 13.6 Å². The average Bonchev–Trinajstić information content (AvgIpc) is 2.79. The lowest BCUT2D eigenvalue weighted by Gasteiger charge is -1.89. The standard InChI is InChI=1S/C10H8N2.C2H6.CH3F/c11-6-5-8-7-12-10-4-2-1-3-9(8)10;2*1-2/h1-4,7,12H,5H2;1-2H3;1H3. The molecular formula is C13H17FN2. The number of alkyl halides is 1. The number of nitrogens with zero attached hydrogens (tertiary/aromatic N) is 1. The summed E-state index contributed by atoms with van der Waals surface area (Å²) in [5, 5.41) is 9.69. The number of fused-ring (bicyclic) bond motifs is 1. The first kappa shape index (κ1) is 14.2. The van der Waals surface area contributed by atoms with Crippen molar-refractivity contribution in [3.8, 4) is 6.07 Å². The molecule has 1 aromatic heterocycles. The Morgan fingerprint density at radius 1 is 1.25 bits per heavy atom. The van der Waals surface area contributed by atoms with Crippen molar-refractivity contribution in [3.05, 3.63) is 36.0 Å². The highest BCUT2D eigenvalue weighted by molar-refractivity contribution is 5.83. The van der Waals surface area contributed by atoms with Gasteiger partial charge in [0.1, 0.15) is 0 Å². The Balaban J connectivity index is 0.000000509. The summed E-state index contributed by atoms with van der Waals surface area (Å²) < 4.78 is 9.50. The maximum atomic E-state index is 9.50. The van der Waals surface area contributed by atoms with E-state index in [2.05, 4.69) is 11.1 Å². The normalized spacial score (nSPS) is 8.19. The van der Waals surface area contributed by atoms with Gasteiger partial charge in [-0.05, 0) is 11.6 Å². The highest BCUT2D eigenvalue weighted by Crippen LogP contribution is 2.17. The van der Waals surface area contributed by atoms with E-state index in [4.69, 9.17) is 5.26 Å². The molecule has 2 rings (SSSR count). The van der Waals surface area contributed by atoms with Gasteiger partial charge in [0, 0.05) is 17.1 Å². The zero-order valence-corrected chi connectivity index (χ0v) is 9.92. The van der Waals surface area contributed by atoms with Crippen LogP contribution in [0.25, 0.3) is 10.9 Å². The SMILES string of the molecule is CC.CF.N#CCc1c[nH]c2ccccc12. The molecule has 0 atom stereocenters. The number of benzene rings is 1. The summed E-state index contributed by atoms with van der Waals surface area (Å²) in [6.07, 6.45) is 2.37. The predicted molar refractivity (Wildman–Crippen MR) is 66.0 cm³/mol. The Bertz CT molecular complexity index is 440. The average molecular weight is 220 g/mol. The summed E-state index contributed by atoms with van der Waals surface area (Å²) in [6, 6.07) is 10.1. The lowest BCUT2D eigenvalue weighted by molar-refractivity contribution is 0.636. The monoisotopic (exact) mass is 220 g/mol. The number of para-hydroxylation sites is 1. The van der Waals surface area contributed by atoms with Crippen LogP contribution in [0, 0.1) is 11.3 Å². The minimum atomic E-state index is 0.476. The second kappa shape index (κ2) is 8.49. The summed E-state index contributed by atoms with van der Waals surface area (Å²) in [5.41, 5.74) is 2.18. The number of nitriles is 1. The zero-order chi connectivity index (χ0) is 12.4. The van der Waals surface area contributed by atoms with Gasteiger partial charge in [0.2, 0.25) is 0 Å². The largest absolute Gasteiger partial charge is 0.361 e. The smallest absolute Gasteiger partial charge is 0.0785 e. The molecule has 1 aromatic carbocycles. The van der Waals surface area contributed by atoms with E-state index in [9.17, 15) is 4.39 Å². The van der Waals surface area contributed by atoms with Gasteiger partial charge in [-0.25, -0.2) is 0 Å². The zero-order valence-electron chi connectivity index (χ0n) is 9.92. The summed E-state index contributed by atoms with van der Waals surface area (Å²) in [7, 11) is 0.500. The highest BCUT2D eigenvalue weighted by Gasteiger charge is 2.00. The van der Waals surface area contributed by atoms with Gasteiger partial charge in [0.15, 0.2) is 0 Å². The molecule has 2 nitrogen and oxygen atoms in total. The van der Waals surface area contributed by atoms with Gasteiger partial charge in [0.25, 0.3) is 0 Å². The van der Waals surface area contributed by atoms with Crippen LogP contribution in [0.3, 0.4) is 0 Å². The van der Waals surface area contributed by atoms with Crippen molar-refractivity contribution in [2.24, 2.45) is 0 Å². The molecule has 0 aliphatic rings. The first-order chi connectivity index (χ1) is 7.92. The minimum absolute atomic E-state index is 0.476. The molecular weight excluding hydrogens is 203 g/mol. The van der Waals surface area contributed by atoms with Gasteiger partial charge >= 0.3 is 0 Å². The topological polar surface area (TPSA) is 39.6 Å². The fourth-order valence-corrected chi connectivity index (χ4v) is 1.36. The van der Waals surface area contributed by atoms with E-state index in [1.165, 1.54) is 0 Å². The third-order valence-electron chi connectivity index (χ3n) is 1.94. The molecule has 0 aliphatic heterocycles. The van der Waals surface area contributed by atoms with Crippen LogP contribution in [-0.2, 0) is 6.42 Å². The van der Waals surface area contributed by atoms with Crippen LogP contribution < -0.4 is 0 Å². The number of nitrogens with one attached hydrogen (secondary N) is 1. The fourth-order valence-electron chi connectivity index (χ4n) is 1.36. The van der Waals surface area contributed by atoms with Crippen LogP contribution in [-0.4, -0.2) is 12.2 Å². The molecule has 2 aromatic rings. The molecule has 0 fully saturated rings. The van der Waals surface area contributed by atoms with Gasteiger partial charge in [-0.1, -0.05) is 32.0 Å². The van der Waals surface area contributed by atoms with Crippen molar-refractivity contribution >= 4 is 10.9 Å². The van der Waals surface area contributed by atoms with Crippen molar-refractivity contribution in [2.45, 2.75) is 20.3 Å². The first-order valence-corrected chi connectivity index (χ1v) is 5.21. The van der Waals surface area contributed by atoms with E-state index >= 15 is 0 Å². The molecule has 0 saturated heterocycles. The van der Waals surface area contributed by atoms with Crippen LogP contribution in [0.2, 0.25) is 0 Å². The molecule has 0 amide bonds. The maximum Gasteiger partial charge on any atom is 0.0785 e. The Morgan fingerprint density at radius 3 is 2.50 bits per heavy atom. The van der Waals surface area contributed by atoms with Crippen LogP contribution >= 0.6 is 0 Å². The van der Waals surface area contributed by atoms with E-state index in [-0.39, 0.29) is 0 Å². The summed E-state index contributed by atoms with van der Waals surface area (Å²) >= 11 is 0. The molecule has 0 aliphatic carbocycles. The quantitative estimate of drug-likeness (QED) is 0.779. The van der Waals surface area contributed by atoms with Gasteiger partial charge in [-0.15, -0.1) is 0 Å². The number of aromatic nitrogens is 1. The predicted octanol–water partition coefficient (Wildman–Crippen LogP) is 3.85. The van der Waals surface area contributed by atoms with E-state index in [1.54, 1.807) is 0 Å². The van der Waals surface area contributed by atoms with Gasteiger partial charge in [0.05, 0.1) is 19.7 Å². The molecule has 0 spiro atoms. The van der Waals surface area contributed by atoms with Crippen molar-refractivity contribution in [2.75, 3.05) is 7.18 Å². The van der Waals surface area contributed by atoms with Gasteiger partial charge in [-0.2, -0.15) is 5.26 Å². The van der Waals surface area contributed by atoms with Crippen molar-refractivity contribution in [1.82, 2.24) is 4.98 Å². The Morgan fingerprint density at radius 2 is 1.88 bits per heavy atom. The number of hydrogen-bond acceptors (Lipinski definition) is 1. The van der Waals surface area contributed by atoms with Crippen molar-refractivity contribution in [3.63, 3.8) is 0 Å². The molecule has 0 saturated carbocycles. The lowest BCUT2D eigenvalue weighted by Crippen LogP contribution is -1.75. The van der Waals surface area contributed by atoms with Crippen LogP contribution in [0.5, 0.6) is 0 Å². The molecule has 0 bridgehead atoms. The number of H-pyrrole nitrogens is 1. The molecule has 3 heteroatoms. The Hall–Kier alpha value is -1.82. The highest BCUT2D eigenvalue weighted by atomic mass is 19.1. The summed E-state index contributed by atoms with van der Waals surface area (Å²) in [4.78, 5) is 3.12. The van der Waals surface area contributed by atoms with Gasteiger partial charge in [-0.3, -0.25) is 4.39 Å². The second-order valence-electron chi connectivity index (χ2n) is 2.69. The van der Waals surface area contributed by atoms with Crippen LogP contribution in [0.1, 0.15) is 19.4 Å². The number of rotatable bonds is 1. The number of halogens is 1. The van der Waals surface area contributed by atoms with Crippen molar-refractivity contribution < 1.29 is 4.39 Å². The molecule has 1 N–H and O–H groups in total. The van der Waals surface area contributed by atoms with E-state index in [1.807, 2.05) is 44.3 Å². The molecule has 0 radical (unpaired) electrons. The fraction of sp³-hybridized carbons (Fsp3) is 0.308. The minimum Gasteiger partial charge on any atom is -0.361 e. The second-order valence-corrected chi connectivity index (χ2v) is 2.69. The van der Waals surface area contributed by atoms with Crippen molar-refractivity contribution in [1.29, 1.82) is 5.26 Å². The number of aromatic amines is 1. The summed E-state index contributed by atoms with van der Waals surface area (Å²) in [5.74, 6) is 0. The van der Waals surface area contributed by atoms with E-state index in [0.717, 1.165) is 16.5 Å². The Kier molecular flexibility index (Phi) is 7.52. The molecule has 16 heavy (non-hydrogen) atoms. The van der Waals surface area contributed by atoms with E-state index < -0.39 is 0 Å². The first-order valence-electron chi connectivity index (χ1n) is 5.21.